The number of hydrogen-bond acceptors (Lipinski definition) is 6. The van der Waals surface area contributed by atoms with E-state index in [1.807, 2.05) is 9.80 Å². The summed E-state index contributed by atoms with van der Waals surface area (Å²) in [6.45, 7) is 2.05. The van der Waals surface area contributed by atoms with E-state index in [9.17, 15) is 22.4 Å². The number of rotatable bonds is 3. The van der Waals surface area contributed by atoms with Gasteiger partial charge in [0.1, 0.15) is 17.6 Å². The standard InChI is InChI=1S/C16H17F4N5OS/c17-8-5-9(18)13-11(6-8)27-16(23-13)25-3-1-24(2-4-25)15-21-10(14(19)20)7-12(26)22-15/h5-6,10,14-15,21H,1-4,7H2,(H,22,26). The van der Waals surface area contributed by atoms with E-state index in [0.29, 0.717) is 36.0 Å². The zero-order valence-corrected chi connectivity index (χ0v) is 14.9. The van der Waals surface area contributed by atoms with E-state index >= 15 is 0 Å². The number of benzene rings is 1. The number of thiazole rings is 1. The lowest BCUT2D eigenvalue weighted by molar-refractivity contribution is -0.129. The lowest BCUT2D eigenvalue weighted by Gasteiger charge is -2.42. The van der Waals surface area contributed by atoms with Gasteiger partial charge >= 0.3 is 0 Å². The highest BCUT2D eigenvalue weighted by Gasteiger charge is 2.35. The van der Waals surface area contributed by atoms with Gasteiger partial charge in [0, 0.05) is 38.7 Å². The van der Waals surface area contributed by atoms with Crippen LogP contribution in [0, 0.1) is 11.6 Å². The van der Waals surface area contributed by atoms with E-state index in [2.05, 4.69) is 15.6 Å². The molecule has 2 aliphatic heterocycles. The number of nitrogens with zero attached hydrogens (tertiary/aromatic N) is 3. The molecule has 0 radical (unpaired) electrons. The quantitative estimate of drug-likeness (QED) is 0.765. The number of piperazine rings is 1. The van der Waals surface area contributed by atoms with Crippen LogP contribution < -0.4 is 15.5 Å². The molecule has 2 saturated heterocycles. The van der Waals surface area contributed by atoms with Crippen molar-refractivity contribution < 1.29 is 22.4 Å². The summed E-state index contributed by atoms with van der Waals surface area (Å²) in [6, 6.07) is 0.895. The number of nitrogens with one attached hydrogen (secondary N) is 2. The monoisotopic (exact) mass is 403 g/mol. The Bertz CT molecular complexity index is 855. The van der Waals surface area contributed by atoms with Crippen molar-refractivity contribution in [3.63, 3.8) is 0 Å². The maximum atomic E-state index is 13.8. The summed E-state index contributed by atoms with van der Waals surface area (Å²) >= 11 is 1.21. The van der Waals surface area contributed by atoms with Crippen LogP contribution in [0.5, 0.6) is 0 Å². The molecule has 0 bridgehead atoms. The molecule has 0 saturated carbocycles. The summed E-state index contributed by atoms with van der Waals surface area (Å²) < 4.78 is 53.5. The number of hydrogen-bond donors (Lipinski definition) is 2. The van der Waals surface area contributed by atoms with Crippen LogP contribution in [-0.4, -0.2) is 60.7 Å². The summed E-state index contributed by atoms with van der Waals surface area (Å²) in [4.78, 5) is 19.8. The van der Waals surface area contributed by atoms with Gasteiger partial charge in [-0.2, -0.15) is 0 Å². The summed E-state index contributed by atoms with van der Waals surface area (Å²) in [5, 5.41) is 6.03. The number of carbonyl (C=O) groups is 1. The first kappa shape index (κ1) is 18.4. The molecule has 2 atom stereocenters. The Kier molecular flexibility index (Phi) is 4.91. The number of alkyl halides is 2. The molecule has 1 aromatic heterocycles. The van der Waals surface area contributed by atoms with Crippen molar-refractivity contribution in [3.8, 4) is 0 Å². The fourth-order valence-corrected chi connectivity index (χ4v) is 4.38. The molecule has 2 aromatic rings. The van der Waals surface area contributed by atoms with Gasteiger partial charge in [0.15, 0.2) is 10.9 Å². The lowest BCUT2D eigenvalue weighted by atomic mass is 10.1. The van der Waals surface area contributed by atoms with E-state index in [0.717, 1.165) is 6.07 Å². The molecular formula is C16H17F4N5OS. The van der Waals surface area contributed by atoms with Gasteiger partial charge in [-0.1, -0.05) is 11.3 Å². The minimum Gasteiger partial charge on any atom is -0.345 e. The number of carbonyl (C=O) groups excluding carboxylic acids is 1. The van der Waals surface area contributed by atoms with Gasteiger partial charge in [0.05, 0.1) is 10.7 Å². The Balaban J connectivity index is 1.43. The zero-order valence-electron chi connectivity index (χ0n) is 14.1. The van der Waals surface area contributed by atoms with Gasteiger partial charge in [-0.3, -0.25) is 15.0 Å². The second-order valence-corrected chi connectivity index (χ2v) is 7.54. The average molecular weight is 403 g/mol. The van der Waals surface area contributed by atoms with E-state index in [1.165, 1.54) is 17.4 Å². The van der Waals surface area contributed by atoms with Crippen molar-refractivity contribution >= 4 is 32.6 Å². The van der Waals surface area contributed by atoms with Crippen molar-refractivity contribution in [2.75, 3.05) is 31.1 Å². The van der Waals surface area contributed by atoms with Crippen LogP contribution in [0.25, 0.3) is 10.2 Å². The number of anilines is 1. The smallest absolute Gasteiger partial charge is 0.254 e. The molecule has 0 spiro atoms. The fourth-order valence-electron chi connectivity index (χ4n) is 3.33. The van der Waals surface area contributed by atoms with Gasteiger partial charge in [-0.05, 0) is 6.07 Å². The number of fused-ring (bicyclic) bond motifs is 1. The van der Waals surface area contributed by atoms with Crippen molar-refractivity contribution in [1.29, 1.82) is 0 Å². The van der Waals surface area contributed by atoms with Gasteiger partial charge in [0.2, 0.25) is 5.91 Å². The molecule has 3 heterocycles. The first-order valence-electron chi connectivity index (χ1n) is 8.49. The van der Waals surface area contributed by atoms with Crippen molar-refractivity contribution in [2.24, 2.45) is 0 Å². The van der Waals surface area contributed by atoms with E-state index in [-0.39, 0.29) is 11.9 Å². The number of halogens is 4. The molecule has 27 heavy (non-hydrogen) atoms. The topological polar surface area (TPSA) is 60.5 Å². The van der Waals surface area contributed by atoms with Gasteiger partial charge < -0.3 is 10.2 Å². The van der Waals surface area contributed by atoms with Crippen LogP contribution in [-0.2, 0) is 4.79 Å². The third-order valence-electron chi connectivity index (χ3n) is 4.73. The molecule has 1 amide bonds. The fraction of sp³-hybridized carbons (Fsp3) is 0.500. The minimum atomic E-state index is -2.61. The Morgan fingerprint density at radius 1 is 1.19 bits per heavy atom. The predicted octanol–water partition coefficient (Wildman–Crippen LogP) is 1.72. The highest BCUT2D eigenvalue weighted by atomic mass is 32.1. The van der Waals surface area contributed by atoms with Crippen LogP contribution in [0.3, 0.4) is 0 Å². The Hall–Kier alpha value is -1.98. The second kappa shape index (κ2) is 7.21. The normalized spacial score (nSPS) is 24.6. The van der Waals surface area contributed by atoms with Crippen molar-refractivity contribution in [2.45, 2.75) is 25.2 Å². The second-order valence-electron chi connectivity index (χ2n) is 6.54. The molecule has 6 nitrogen and oxygen atoms in total. The predicted molar refractivity (Wildman–Crippen MR) is 92.8 cm³/mol. The van der Waals surface area contributed by atoms with Crippen molar-refractivity contribution in [3.05, 3.63) is 23.8 Å². The Morgan fingerprint density at radius 3 is 2.63 bits per heavy atom. The van der Waals surface area contributed by atoms with Crippen LogP contribution in [0.4, 0.5) is 22.7 Å². The van der Waals surface area contributed by atoms with Crippen LogP contribution in [0.15, 0.2) is 12.1 Å². The summed E-state index contributed by atoms with van der Waals surface area (Å²) in [6.07, 6.45) is -3.51. The molecule has 2 fully saturated rings. The molecule has 0 aliphatic carbocycles. The number of amides is 1. The molecule has 11 heteroatoms. The summed E-state index contributed by atoms with van der Waals surface area (Å²) in [7, 11) is 0. The van der Waals surface area contributed by atoms with E-state index in [4.69, 9.17) is 0 Å². The summed E-state index contributed by atoms with van der Waals surface area (Å²) in [5.74, 6) is -1.75. The highest BCUT2D eigenvalue weighted by molar-refractivity contribution is 7.22. The van der Waals surface area contributed by atoms with Gasteiger partial charge in [-0.15, -0.1) is 0 Å². The number of aromatic nitrogens is 1. The molecule has 2 unspecified atom stereocenters. The van der Waals surface area contributed by atoms with E-state index < -0.39 is 36.3 Å². The molecule has 1 aromatic carbocycles. The summed E-state index contributed by atoms with van der Waals surface area (Å²) in [5.41, 5.74) is 0.139. The first-order valence-corrected chi connectivity index (χ1v) is 9.30. The minimum absolute atomic E-state index is 0.139. The zero-order chi connectivity index (χ0) is 19.1. The highest BCUT2D eigenvalue weighted by Crippen LogP contribution is 2.31. The third-order valence-corrected chi connectivity index (χ3v) is 5.79. The maximum absolute atomic E-state index is 13.8. The van der Waals surface area contributed by atoms with E-state index in [1.54, 1.807) is 0 Å². The SMILES string of the molecule is O=C1CC(C(F)F)NC(N2CCN(c3nc4c(F)cc(F)cc4s3)CC2)N1. The van der Waals surface area contributed by atoms with Crippen LogP contribution in [0.2, 0.25) is 0 Å². The molecule has 4 rings (SSSR count). The first-order chi connectivity index (χ1) is 12.9. The average Bonchev–Trinajstić information content (AvgIpc) is 3.05. The Morgan fingerprint density at radius 2 is 1.93 bits per heavy atom. The Labute approximate surface area is 156 Å². The lowest BCUT2D eigenvalue weighted by Crippen LogP contribution is -2.67. The van der Waals surface area contributed by atoms with Gasteiger partial charge in [0.25, 0.3) is 6.43 Å². The third kappa shape index (κ3) is 3.71. The molecule has 2 N–H and O–H groups in total. The largest absolute Gasteiger partial charge is 0.345 e. The molecular weight excluding hydrogens is 386 g/mol. The molecule has 2 aliphatic rings. The van der Waals surface area contributed by atoms with Crippen molar-refractivity contribution in [1.82, 2.24) is 20.5 Å². The van der Waals surface area contributed by atoms with Gasteiger partial charge in [-0.25, -0.2) is 22.5 Å². The maximum Gasteiger partial charge on any atom is 0.254 e. The molecule has 146 valence electrons. The van der Waals surface area contributed by atoms with Crippen LogP contribution in [0.1, 0.15) is 6.42 Å². The van der Waals surface area contributed by atoms with Crippen LogP contribution >= 0.6 is 11.3 Å².